The number of pyridine rings is 1. The number of hydrogen-bond donors (Lipinski definition) is 0. The standard InChI is InChI=1S/C48H28N4O/c1-3-13-29(14-4-1)46-50-47(30-15-5-2-6-16-30)52-48(51-46)32-24-26-41-40(28-32)45-43(38-21-11-12-22-42(38)53-45)44(49-41)31-23-25-37-35-19-8-7-17-33(35)34-18-9-10-20-36(34)39(37)27-31/h1-28H. The highest BCUT2D eigenvalue weighted by molar-refractivity contribution is 6.26. The van der Waals surface area contributed by atoms with Crippen molar-refractivity contribution < 1.29 is 4.42 Å². The van der Waals surface area contributed by atoms with Crippen LogP contribution in [0.5, 0.6) is 0 Å². The fourth-order valence-corrected chi connectivity index (χ4v) is 7.80. The smallest absolute Gasteiger partial charge is 0.164 e. The number of aromatic nitrogens is 4. The summed E-state index contributed by atoms with van der Waals surface area (Å²) >= 11 is 0. The summed E-state index contributed by atoms with van der Waals surface area (Å²) in [4.78, 5) is 20.3. The summed E-state index contributed by atoms with van der Waals surface area (Å²) in [6.07, 6.45) is 0. The van der Waals surface area contributed by atoms with Gasteiger partial charge >= 0.3 is 0 Å². The van der Waals surface area contributed by atoms with Gasteiger partial charge in [0.05, 0.1) is 16.6 Å². The van der Waals surface area contributed by atoms with E-state index in [-0.39, 0.29) is 0 Å². The molecule has 0 saturated heterocycles. The number of fused-ring (bicyclic) bond motifs is 11. The second-order valence-electron chi connectivity index (χ2n) is 13.4. The van der Waals surface area contributed by atoms with Gasteiger partial charge in [0.2, 0.25) is 0 Å². The van der Waals surface area contributed by atoms with Crippen molar-refractivity contribution in [3.63, 3.8) is 0 Å². The molecule has 8 aromatic carbocycles. The SMILES string of the molecule is c1ccc(-c2nc(-c3ccccc3)nc(-c3ccc4nc(-c5ccc6c7ccccc7c7ccccc7c6c5)c5c6ccccc6oc5c4c3)n2)cc1. The van der Waals surface area contributed by atoms with E-state index < -0.39 is 0 Å². The highest BCUT2D eigenvalue weighted by atomic mass is 16.3. The molecule has 3 aromatic heterocycles. The van der Waals surface area contributed by atoms with E-state index in [4.69, 9.17) is 24.4 Å². The third kappa shape index (κ3) is 4.71. The zero-order chi connectivity index (χ0) is 34.9. The van der Waals surface area contributed by atoms with Crippen LogP contribution in [-0.4, -0.2) is 19.9 Å². The first-order chi connectivity index (χ1) is 26.3. The van der Waals surface area contributed by atoms with Crippen molar-refractivity contribution in [2.45, 2.75) is 0 Å². The molecule has 0 spiro atoms. The van der Waals surface area contributed by atoms with Gasteiger partial charge in [-0.25, -0.2) is 19.9 Å². The summed E-state index contributed by atoms with van der Waals surface area (Å²) < 4.78 is 6.73. The second kappa shape index (κ2) is 11.7. The number of rotatable bonds is 4. The molecular weight excluding hydrogens is 649 g/mol. The van der Waals surface area contributed by atoms with Gasteiger partial charge in [0.25, 0.3) is 0 Å². The van der Waals surface area contributed by atoms with Gasteiger partial charge < -0.3 is 4.42 Å². The highest BCUT2D eigenvalue weighted by Gasteiger charge is 2.20. The average molecular weight is 677 g/mol. The van der Waals surface area contributed by atoms with Crippen LogP contribution in [-0.2, 0) is 0 Å². The molecule has 0 fully saturated rings. The zero-order valence-electron chi connectivity index (χ0n) is 28.4. The lowest BCUT2D eigenvalue weighted by molar-refractivity contribution is 0.672. The van der Waals surface area contributed by atoms with Crippen LogP contribution in [0.25, 0.3) is 111 Å². The van der Waals surface area contributed by atoms with Crippen molar-refractivity contribution in [1.82, 2.24) is 19.9 Å². The molecule has 0 aliphatic carbocycles. The third-order valence-corrected chi connectivity index (χ3v) is 10.3. The van der Waals surface area contributed by atoms with Gasteiger partial charge in [0.1, 0.15) is 11.2 Å². The van der Waals surface area contributed by atoms with Gasteiger partial charge in [-0.1, -0.05) is 140 Å². The van der Waals surface area contributed by atoms with Crippen molar-refractivity contribution in [1.29, 1.82) is 0 Å². The predicted molar refractivity (Wildman–Crippen MR) is 217 cm³/mol. The predicted octanol–water partition coefficient (Wildman–Crippen LogP) is 12.4. The van der Waals surface area contributed by atoms with E-state index in [1.54, 1.807) is 0 Å². The number of nitrogens with zero attached hydrogens (tertiary/aromatic N) is 4. The van der Waals surface area contributed by atoms with E-state index in [1.807, 2.05) is 78.9 Å². The lowest BCUT2D eigenvalue weighted by Crippen LogP contribution is -2.00. The van der Waals surface area contributed by atoms with E-state index in [9.17, 15) is 0 Å². The molecule has 5 nitrogen and oxygen atoms in total. The van der Waals surface area contributed by atoms with Crippen LogP contribution >= 0.6 is 0 Å². The van der Waals surface area contributed by atoms with Crippen LogP contribution in [0.15, 0.2) is 174 Å². The summed E-state index contributed by atoms with van der Waals surface area (Å²) in [5, 5.41) is 10.3. The molecule has 0 radical (unpaired) electrons. The van der Waals surface area contributed by atoms with Crippen LogP contribution < -0.4 is 0 Å². The zero-order valence-corrected chi connectivity index (χ0v) is 28.4. The Bertz CT molecular complexity index is 3130. The third-order valence-electron chi connectivity index (χ3n) is 10.3. The Hall–Kier alpha value is -7.24. The normalized spacial score (nSPS) is 11.8. The van der Waals surface area contributed by atoms with Crippen molar-refractivity contribution in [3.05, 3.63) is 170 Å². The maximum absolute atomic E-state index is 6.73. The van der Waals surface area contributed by atoms with Crippen LogP contribution in [0.3, 0.4) is 0 Å². The van der Waals surface area contributed by atoms with Gasteiger partial charge in [-0.15, -0.1) is 0 Å². The molecule has 0 N–H and O–H groups in total. The van der Waals surface area contributed by atoms with E-state index >= 15 is 0 Å². The Balaban J connectivity index is 1.16. The highest BCUT2D eigenvalue weighted by Crippen LogP contribution is 2.43. The summed E-state index contributed by atoms with van der Waals surface area (Å²) in [6.45, 7) is 0. The molecular formula is C48H28N4O. The quantitative estimate of drug-likeness (QED) is 0.174. The average Bonchev–Trinajstić information content (AvgIpc) is 3.64. The van der Waals surface area contributed by atoms with Crippen molar-refractivity contribution in [2.24, 2.45) is 0 Å². The fourth-order valence-electron chi connectivity index (χ4n) is 7.80. The molecule has 0 saturated carbocycles. The Morgan fingerprint density at radius 3 is 1.42 bits per heavy atom. The minimum Gasteiger partial charge on any atom is -0.455 e. The minimum absolute atomic E-state index is 0.585. The summed E-state index contributed by atoms with van der Waals surface area (Å²) in [5.41, 5.74) is 7.08. The molecule has 0 aliphatic heterocycles. The van der Waals surface area contributed by atoms with Crippen molar-refractivity contribution >= 4 is 65.2 Å². The molecule has 0 atom stereocenters. The summed E-state index contributed by atoms with van der Waals surface area (Å²) in [5.74, 6) is 1.82. The molecule has 3 heterocycles. The number of hydrogen-bond acceptors (Lipinski definition) is 5. The van der Waals surface area contributed by atoms with Gasteiger partial charge in [-0.05, 0) is 62.6 Å². The first-order valence-corrected chi connectivity index (χ1v) is 17.7. The van der Waals surface area contributed by atoms with Gasteiger partial charge in [0.15, 0.2) is 17.5 Å². The van der Waals surface area contributed by atoms with Gasteiger partial charge in [0, 0.05) is 33.0 Å². The van der Waals surface area contributed by atoms with E-state index in [2.05, 4.69) is 91.0 Å². The Morgan fingerprint density at radius 1 is 0.321 bits per heavy atom. The molecule has 0 amide bonds. The second-order valence-corrected chi connectivity index (χ2v) is 13.4. The van der Waals surface area contributed by atoms with Gasteiger partial charge in [-0.2, -0.15) is 0 Å². The first kappa shape index (κ1) is 29.5. The molecule has 11 aromatic rings. The molecule has 53 heavy (non-hydrogen) atoms. The molecule has 0 unspecified atom stereocenters. The number of benzene rings is 8. The molecule has 5 heteroatoms. The maximum atomic E-state index is 6.73. The number of furan rings is 1. The van der Waals surface area contributed by atoms with Crippen LogP contribution in [0, 0.1) is 0 Å². The largest absolute Gasteiger partial charge is 0.455 e. The molecule has 0 aliphatic rings. The van der Waals surface area contributed by atoms with Crippen molar-refractivity contribution in [3.8, 4) is 45.4 Å². The monoisotopic (exact) mass is 676 g/mol. The van der Waals surface area contributed by atoms with E-state index in [1.165, 1.54) is 32.3 Å². The van der Waals surface area contributed by atoms with Crippen LogP contribution in [0.2, 0.25) is 0 Å². The van der Waals surface area contributed by atoms with E-state index in [0.29, 0.717) is 17.5 Å². The first-order valence-electron chi connectivity index (χ1n) is 17.7. The fraction of sp³-hybridized carbons (Fsp3) is 0. The molecule has 0 bridgehead atoms. The molecule has 11 rings (SSSR count). The number of para-hydroxylation sites is 1. The lowest BCUT2D eigenvalue weighted by atomic mass is 9.92. The Kier molecular flexibility index (Phi) is 6.48. The summed E-state index contributed by atoms with van der Waals surface area (Å²) in [7, 11) is 0. The summed E-state index contributed by atoms with van der Waals surface area (Å²) in [6, 6.07) is 58.6. The Labute approximate surface area is 303 Å². The van der Waals surface area contributed by atoms with Crippen LogP contribution in [0.4, 0.5) is 0 Å². The minimum atomic E-state index is 0.585. The topological polar surface area (TPSA) is 64.7 Å². The maximum Gasteiger partial charge on any atom is 0.164 e. The van der Waals surface area contributed by atoms with Gasteiger partial charge in [-0.3, -0.25) is 0 Å². The molecule has 246 valence electrons. The Morgan fingerprint density at radius 2 is 0.792 bits per heavy atom. The van der Waals surface area contributed by atoms with Crippen LogP contribution in [0.1, 0.15) is 0 Å². The lowest BCUT2D eigenvalue weighted by Gasteiger charge is -2.13. The van der Waals surface area contributed by atoms with E-state index in [0.717, 1.165) is 60.8 Å². The van der Waals surface area contributed by atoms with Crippen molar-refractivity contribution in [2.75, 3.05) is 0 Å².